The van der Waals surface area contributed by atoms with Crippen molar-refractivity contribution in [2.24, 2.45) is 0 Å². The number of aromatic nitrogens is 4. The summed E-state index contributed by atoms with van der Waals surface area (Å²) in [7, 11) is 0. The van der Waals surface area contributed by atoms with Crippen molar-refractivity contribution in [1.29, 1.82) is 0 Å². The Morgan fingerprint density at radius 3 is 2.69 bits per heavy atom. The molecule has 6 heteroatoms. The molecule has 0 radical (unpaired) electrons. The summed E-state index contributed by atoms with van der Waals surface area (Å²) in [6, 6.07) is 8.90. The van der Waals surface area contributed by atoms with Gasteiger partial charge in [-0.3, -0.25) is 4.40 Å². The summed E-state index contributed by atoms with van der Waals surface area (Å²) in [6.45, 7) is 1.93. The van der Waals surface area contributed by atoms with E-state index < -0.39 is 5.60 Å². The van der Waals surface area contributed by atoms with Gasteiger partial charge < -0.3 is 5.11 Å². The van der Waals surface area contributed by atoms with Crippen LogP contribution >= 0.6 is 0 Å². The zero-order valence-electron chi connectivity index (χ0n) is 16.2. The van der Waals surface area contributed by atoms with Crippen molar-refractivity contribution in [3.8, 4) is 11.4 Å². The monoisotopic (exact) mass is 388 g/mol. The van der Waals surface area contributed by atoms with Crippen LogP contribution in [0.5, 0.6) is 0 Å². The average molecular weight is 388 g/mol. The van der Waals surface area contributed by atoms with Gasteiger partial charge in [-0.25, -0.2) is 19.3 Å². The number of aryl methyl sites for hydroxylation is 1. The maximum atomic E-state index is 14.9. The zero-order valence-corrected chi connectivity index (χ0v) is 16.2. The molecule has 146 valence electrons. The highest BCUT2D eigenvalue weighted by atomic mass is 19.1. The standard InChI is InChI=1S/C23H21FN4O/c1-13-20-12-25-21(16-11-15(5-6-17(16)24)23(29)9-2-10-23)28(20)22-19(26-13)8-7-18(27-22)14-3-4-14/h5-8,11-12,14,29H,2-4,9-10H2,1H3. The van der Waals surface area contributed by atoms with Gasteiger partial charge in [-0.1, -0.05) is 6.07 Å². The molecule has 29 heavy (non-hydrogen) atoms. The molecule has 5 nitrogen and oxygen atoms in total. The normalized spacial score (nSPS) is 18.3. The maximum Gasteiger partial charge on any atom is 0.165 e. The molecule has 2 aliphatic carbocycles. The van der Waals surface area contributed by atoms with Crippen molar-refractivity contribution >= 4 is 16.7 Å². The lowest BCUT2D eigenvalue weighted by molar-refractivity contribution is -0.0387. The number of benzene rings is 1. The second kappa shape index (κ2) is 5.83. The molecule has 0 unspecified atom stereocenters. The molecule has 0 amide bonds. The fourth-order valence-electron chi connectivity index (χ4n) is 4.35. The summed E-state index contributed by atoms with van der Waals surface area (Å²) in [4.78, 5) is 14.1. The Bertz CT molecular complexity index is 1290. The average Bonchev–Trinajstić information content (AvgIpc) is 3.45. The molecule has 4 aromatic rings. The summed E-state index contributed by atoms with van der Waals surface area (Å²) in [5.74, 6) is 0.652. The number of aliphatic hydroxyl groups is 1. The van der Waals surface area contributed by atoms with Crippen LogP contribution in [-0.4, -0.2) is 24.5 Å². The molecular weight excluding hydrogens is 367 g/mol. The van der Waals surface area contributed by atoms with E-state index >= 15 is 0 Å². The Morgan fingerprint density at radius 2 is 1.97 bits per heavy atom. The summed E-state index contributed by atoms with van der Waals surface area (Å²) in [5, 5.41) is 10.8. The van der Waals surface area contributed by atoms with Crippen LogP contribution in [0.4, 0.5) is 4.39 Å². The van der Waals surface area contributed by atoms with Gasteiger partial charge in [0.1, 0.15) is 17.2 Å². The van der Waals surface area contributed by atoms with Gasteiger partial charge in [0.25, 0.3) is 0 Å². The molecule has 3 aromatic heterocycles. The number of hydrogen-bond acceptors (Lipinski definition) is 4. The Labute approximate surface area is 167 Å². The minimum absolute atomic E-state index is 0.356. The lowest BCUT2D eigenvalue weighted by atomic mass is 9.75. The highest BCUT2D eigenvalue weighted by Gasteiger charge is 2.37. The molecule has 2 saturated carbocycles. The van der Waals surface area contributed by atoms with Gasteiger partial charge in [0.05, 0.1) is 28.6 Å². The molecule has 0 saturated heterocycles. The van der Waals surface area contributed by atoms with Crippen molar-refractivity contribution in [2.75, 3.05) is 0 Å². The second-order valence-electron chi connectivity index (χ2n) is 8.43. The third kappa shape index (κ3) is 2.52. The lowest BCUT2D eigenvalue weighted by Crippen LogP contribution is -2.33. The number of halogens is 1. The van der Waals surface area contributed by atoms with Crippen LogP contribution in [0.1, 0.15) is 55.0 Å². The Morgan fingerprint density at radius 1 is 1.14 bits per heavy atom. The summed E-state index contributed by atoms with van der Waals surface area (Å²) in [5.41, 5.74) is 4.45. The summed E-state index contributed by atoms with van der Waals surface area (Å²) < 4.78 is 16.8. The predicted octanol–water partition coefficient (Wildman–Crippen LogP) is 4.64. The Hall–Kier alpha value is -2.86. The number of pyridine rings is 1. The topological polar surface area (TPSA) is 63.3 Å². The molecule has 1 aromatic carbocycles. The minimum atomic E-state index is -0.855. The largest absolute Gasteiger partial charge is 0.385 e. The first-order valence-corrected chi connectivity index (χ1v) is 10.2. The molecule has 6 rings (SSSR count). The van der Waals surface area contributed by atoms with Crippen LogP contribution in [0.15, 0.2) is 36.5 Å². The third-order valence-electron chi connectivity index (χ3n) is 6.43. The number of nitrogens with zero attached hydrogens (tertiary/aromatic N) is 4. The molecule has 0 bridgehead atoms. The van der Waals surface area contributed by atoms with Gasteiger partial charge in [0.2, 0.25) is 0 Å². The van der Waals surface area contributed by atoms with E-state index in [1.807, 2.05) is 23.5 Å². The van der Waals surface area contributed by atoms with Crippen molar-refractivity contribution < 1.29 is 9.50 Å². The van der Waals surface area contributed by atoms with E-state index in [1.165, 1.54) is 6.07 Å². The molecular formula is C23H21FN4O. The van der Waals surface area contributed by atoms with Gasteiger partial charge in [-0.2, -0.15) is 0 Å². The van der Waals surface area contributed by atoms with Crippen LogP contribution in [0.3, 0.4) is 0 Å². The number of rotatable bonds is 3. The van der Waals surface area contributed by atoms with Crippen molar-refractivity contribution in [2.45, 2.75) is 50.5 Å². The first-order chi connectivity index (χ1) is 14.0. The van der Waals surface area contributed by atoms with Gasteiger partial charge in [-0.05, 0) is 68.9 Å². The molecule has 0 aliphatic heterocycles. The molecule has 0 atom stereocenters. The molecule has 0 spiro atoms. The first kappa shape index (κ1) is 17.0. The van der Waals surface area contributed by atoms with Crippen LogP contribution in [0.2, 0.25) is 0 Å². The van der Waals surface area contributed by atoms with E-state index in [0.29, 0.717) is 35.8 Å². The quantitative estimate of drug-likeness (QED) is 0.555. The molecule has 3 heterocycles. The van der Waals surface area contributed by atoms with Crippen LogP contribution in [0, 0.1) is 12.7 Å². The highest BCUT2D eigenvalue weighted by molar-refractivity contribution is 5.80. The smallest absolute Gasteiger partial charge is 0.165 e. The van der Waals surface area contributed by atoms with Gasteiger partial charge in [0.15, 0.2) is 5.65 Å². The minimum Gasteiger partial charge on any atom is -0.385 e. The van der Waals surface area contributed by atoms with E-state index in [0.717, 1.165) is 47.2 Å². The van der Waals surface area contributed by atoms with Gasteiger partial charge >= 0.3 is 0 Å². The number of imidazole rings is 1. The van der Waals surface area contributed by atoms with Crippen molar-refractivity contribution in [1.82, 2.24) is 19.4 Å². The Kier molecular flexibility index (Phi) is 3.42. The Balaban J connectivity index is 1.63. The maximum absolute atomic E-state index is 14.9. The number of hydrogen-bond donors (Lipinski definition) is 1. The van der Waals surface area contributed by atoms with Crippen LogP contribution in [-0.2, 0) is 5.60 Å². The predicted molar refractivity (Wildman–Crippen MR) is 108 cm³/mol. The second-order valence-corrected chi connectivity index (χ2v) is 8.43. The molecule has 1 N–H and O–H groups in total. The SMILES string of the molecule is Cc1nc2ccc(C3CC3)nc2n2c(-c3cc(C4(O)CCC4)ccc3F)ncc12. The highest BCUT2D eigenvalue weighted by Crippen LogP contribution is 2.43. The van der Waals surface area contributed by atoms with Crippen molar-refractivity contribution in [3.63, 3.8) is 0 Å². The molecule has 2 aliphatic rings. The van der Waals surface area contributed by atoms with Gasteiger partial charge in [-0.15, -0.1) is 0 Å². The van der Waals surface area contributed by atoms with Crippen molar-refractivity contribution in [3.05, 3.63) is 59.3 Å². The van der Waals surface area contributed by atoms with Crippen LogP contribution < -0.4 is 0 Å². The fourth-order valence-corrected chi connectivity index (χ4v) is 4.35. The number of fused-ring (bicyclic) bond motifs is 3. The van der Waals surface area contributed by atoms with Crippen LogP contribution in [0.25, 0.3) is 28.1 Å². The lowest BCUT2D eigenvalue weighted by Gasteiger charge is -2.37. The third-order valence-corrected chi connectivity index (χ3v) is 6.43. The summed E-state index contributed by atoms with van der Waals surface area (Å²) >= 11 is 0. The zero-order chi connectivity index (χ0) is 19.8. The van der Waals surface area contributed by atoms with Gasteiger partial charge in [0, 0.05) is 11.6 Å². The van der Waals surface area contributed by atoms with E-state index in [4.69, 9.17) is 4.98 Å². The van der Waals surface area contributed by atoms with E-state index in [9.17, 15) is 9.50 Å². The first-order valence-electron chi connectivity index (χ1n) is 10.2. The fraction of sp³-hybridized carbons (Fsp3) is 0.348. The van der Waals surface area contributed by atoms with E-state index in [-0.39, 0.29) is 5.82 Å². The summed E-state index contributed by atoms with van der Waals surface area (Å²) in [6.07, 6.45) is 6.45. The van der Waals surface area contributed by atoms with E-state index in [2.05, 4.69) is 9.97 Å². The molecule has 2 fully saturated rings. The van der Waals surface area contributed by atoms with E-state index in [1.54, 1.807) is 18.3 Å².